The van der Waals surface area contributed by atoms with Gasteiger partial charge in [0.1, 0.15) is 0 Å². The molecule has 0 atom stereocenters. The van der Waals surface area contributed by atoms with E-state index >= 15 is 0 Å². The van der Waals surface area contributed by atoms with E-state index in [1.54, 1.807) is 0 Å². The van der Waals surface area contributed by atoms with Gasteiger partial charge in [-0.3, -0.25) is 4.57 Å². The summed E-state index contributed by atoms with van der Waals surface area (Å²) >= 11 is 5.40. The van der Waals surface area contributed by atoms with E-state index in [-0.39, 0.29) is 26.3 Å². The lowest BCUT2D eigenvalue weighted by Gasteiger charge is -2.11. The summed E-state index contributed by atoms with van der Waals surface area (Å²) in [4.78, 5) is 0. The molecule has 0 aliphatic rings. The van der Waals surface area contributed by atoms with Crippen molar-refractivity contribution < 1.29 is 14.8 Å². The van der Waals surface area contributed by atoms with Gasteiger partial charge in [0, 0.05) is 13.1 Å². The maximum atomic E-state index is 11.1. The predicted molar refractivity (Wildman–Crippen MR) is 43.6 cm³/mol. The Kier molecular flexibility index (Phi) is 6.14. The molecule has 0 amide bonds. The molecule has 0 bridgehead atoms. The van der Waals surface area contributed by atoms with Crippen LogP contribution in [0.25, 0.3) is 0 Å². The van der Waals surface area contributed by atoms with E-state index in [1.165, 1.54) is 0 Å². The smallest absolute Gasteiger partial charge is 0.299 e. The van der Waals surface area contributed by atoms with Gasteiger partial charge < -0.3 is 10.2 Å². The quantitative estimate of drug-likeness (QED) is 0.437. The summed E-state index contributed by atoms with van der Waals surface area (Å²) in [5.41, 5.74) is 0. The molecule has 0 aromatic heterocycles. The number of halogens is 1. The van der Waals surface area contributed by atoms with Crippen molar-refractivity contribution in [3.63, 3.8) is 0 Å². The zero-order valence-electron chi connectivity index (χ0n) is 5.96. The Morgan fingerprint density at radius 3 is 1.82 bits per heavy atom. The van der Waals surface area contributed by atoms with Crippen LogP contribution in [0.3, 0.4) is 0 Å². The molecule has 0 radical (unpaired) electrons. The predicted octanol–water partition coefficient (Wildman–Crippen LogP) is -0.503. The molecular formula is C4H12ClN2O3P. The zero-order valence-corrected chi connectivity index (χ0v) is 7.61. The number of rotatable bonds is 6. The molecule has 4 N–H and O–H groups in total. The molecule has 0 aromatic rings. The maximum Gasteiger partial charge on any atom is 0.299 e. The molecule has 0 aromatic carbocycles. The van der Waals surface area contributed by atoms with Gasteiger partial charge in [0.25, 0.3) is 6.80 Å². The van der Waals surface area contributed by atoms with E-state index < -0.39 is 6.80 Å². The summed E-state index contributed by atoms with van der Waals surface area (Å²) in [5, 5.41) is 21.5. The second-order valence-corrected chi connectivity index (χ2v) is 4.92. The largest absolute Gasteiger partial charge is 0.395 e. The molecule has 0 aliphatic carbocycles. The normalized spacial score (nSPS) is 11.9. The molecule has 11 heavy (non-hydrogen) atoms. The lowest BCUT2D eigenvalue weighted by atomic mass is 10.8. The van der Waals surface area contributed by atoms with Crippen molar-refractivity contribution in [3.05, 3.63) is 0 Å². The lowest BCUT2D eigenvalue weighted by Crippen LogP contribution is -2.23. The molecule has 7 heteroatoms. The highest BCUT2D eigenvalue weighted by molar-refractivity contribution is 7.86. The van der Waals surface area contributed by atoms with Gasteiger partial charge in [0.05, 0.1) is 13.2 Å². The van der Waals surface area contributed by atoms with Gasteiger partial charge in [-0.15, -0.1) is 0 Å². The molecule has 0 saturated carbocycles. The Bertz CT molecular complexity index is 133. The molecule has 0 fully saturated rings. The fraction of sp³-hybridized carbons (Fsp3) is 1.00. The van der Waals surface area contributed by atoms with Gasteiger partial charge in [-0.25, -0.2) is 10.2 Å². The number of hydrogen-bond acceptors (Lipinski definition) is 3. The first-order valence-corrected chi connectivity index (χ1v) is 5.75. The molecule has 0 rings (SSSR count). The van der Waals surface area contributed by atoms with Crippen LogP contribution in [-0.4, -0.2) is 36.5 Å². The van der Waals surface area contributed by atoms with Crippen molar-refractivity contribution >= 4 is 18.0 Å². The Hall–Kier alpha value is 0.360. The minimum Gasteiger partial charge on any atom is -0.395 e. The van der Waals surface area contributed by atoms with E-state index in [9.17, 15) is 4.57 Å². The number of aliphatic hydroxyl groups is 2. The fourth-order valence-electron chi connectivity index (χ4n) is 0.444. The molecular weight excluding hydrogens is 190 g/mol. The van der Waals surface area contributed by atoms with Crippen LogP contribution in [0.15, 0.2) is 0 Å². The van der Waals surface area contributed by atoms with Crippen LogP contribution in [0, 0.1) is 0 Å². The van der Waals surface area contributed by atoms with Crippen LogP contribution < -0.4 is 10.2 Å². The van der Waals surface area contributed by atoms with Crippen LogP contribution in [0.1, 0.15) is 0 Å². The first-order chi connectivity index (χ1) is 5.12. The van der Waals surface area contributed by atoms with Crippen LogP contribution in [0.4, 0.5) is 0 Å². The van der Waals surface area contributed by atoms with Crippen LogP contribution >= 0.6 is 18.0 Å². The number of aliphatic hydroxyl groups excluding tert-OH is 2. The average Bonchev–Trinajstić information content (AvgIpc) is 1.97. The third-order valence-corrected chi connectivity index (χ3v) is 2.83. The minimum atomic E-state index is -3.07. The molecule has 68 valence electrons. The molecule has 0 heterocycles. The summed E-state index contributed by atoms with van der Waals surface area (Å²) in [6.45, 7) is -3.00. The third-order valence-electron chi connectivity index (χ3n) is 0.854. The average molecular weight is 203 g/mol. The molecule has 0 saturated heterocycles. The zero-order chi connectivity index (χ0) is 8.74. The maximum absolute atomic E-state index is 11.1. The van der Waals surface area contributed by atoms with E-state index in [2.05, 4.69) is 10.2 Å². The number of hydrogen-bond donors (Lipinski definition) is 4. The van der Waals surface area contributed by atoms with E-state index in [1.807, 2.05) is 0 Å². The van der Waals surface area contributed by atoms with Crippen molar-refractivity contribution in [2.45, 2.75) is 0 Å². The van der Waals surface area contributed by atoms with Gasteiger partial charge >= 0.3 is 0 Å². The molecule has 0 aliphatic heterocycles. The van der Waals surface area contributed by atoms with Crippen molar-refractivity contribution in [2.24, 2.45) is 0 Å². The first kappa shape index (κ1) is 11.4. The van der Waals surface area contributed by atoms with Crippen LogP contribution in [0.5, 0.6) is 0 Å². The van der Waals surface area contributed by atoms with Crippen LogP contribution in [0.2, 0.25) is 0 Å². The SMILES string of the molecule is O=P(Cl)(NCCO)NCCO. The lowest BCUT2D eigenvalue weighted by molar-refractivity contribution is 0.297. The van der Waals surface area contributed by atoms with Gasteiger partial charge in [-0.2, -0.15) is 0 Å². The molecule has 0 unspecified atom stereocenters. The van der Waals surface area contributed by atoms with Crippen molar-refractivity contribution in [1.29, 1.82) is 0 Å². The summed E-state index contributed by atoms with van der Waals surface area (Å²) < 4.78 is 11.1. The topological polar surface area (TPSA) is 81.6 Å². The standard InChI is InChI=1S/C4H12ClN2O3P/c5-11(10,6-1-3-8)7-2-4-9/h8-9H,1-4H2,(H2,6,7,10). The van der Waals surface area contributed by atoms with Crippen molar-refractivity contribution in [1.82, 2.24) is 10.2 Å². The Morgan fingerprint density at radius 1 is 1.18 bits per heavy atom. The number of nitrogens with one attached hydrogen (secondary N) is 2. The van der Waals surface area contributed by atoms with E-state index in [4.69, 9.17) is 21.5 Å². The Labute approximate surface area is 70.0 Å². The van der Waals surface area contributed by atoms with Gasteiger partial charge in [0.15, 0.2) is 0 Å². The second kappa shape index (κ2) is 5.94. The Balaban J connectivity index is 3.53. The van der Waals surface area contributed by atoms with Gasteiger partial charge in [0.2, 0.25) is 0 Å². The third kappa shape index (κ3) is 6.75. The second-order valence-electron chi connectivity index (χ2n) is 1.80. The first-order valence-electron chi connectivity index (χ1n) is 3.14. The minimum absolute atomic E-state index is 0.127. The van der Waals surface area contributed by atoms with Crippen molar-refractivity contribution in [3.8, 4) is 0 Å². The molecule has 5 nitrogen and oxygen atoms in total. The highest BCUT2D eigenvalue weighted by atomic mass is 35.7. The summed E-state index contributed by atoms with van der Waals surface area (Å²) in [6.07, 6.45) is 0. The Morgan fingerprint density at radius 2 is 1.55 bits per heavy atom. The van der Waals surface area contributed by atoms with Crippen LogP contribution in [-0.2, 0) is 4.57 Å². The van der Waals surface area contributed by atoms with Crippen molar-refractivity contribution in [2.75, 3.05) is 26.3 Å². The monoisotopic (exact) mass is 202 g/mol. The fourth-order valence-corrected chi connectivity index (χ4v) is 1.84. The summed E-state index contributed by atoms with van der Waals surface area (Å²) in [5.74, 6) is 0. The highest BCUT2D eigenvalue weighted by Crippen LogP contribution is 2.40. The highest BCUT2D eigenvalue weighted by Gasteiger charge is 2.14. The summed E-state index contributed by atoms with van der Waals surface area (Å²) in [6, 6.07) is 0. The van der Waals surface area contributed by atoms with E-state index in [0.29, 0.717) is 0 Å². The van der Waals surface area contributed by atoms with E-state index in [0.717, 1.165) is 0 Å². The van der Waals surface area contributed by atoms with Gasteiger partial charge in [-0.1, -0.05) is 0 Å². The molecule has 0 spiro atoms. The van der Waals surface area contributed by atoms with Gasteiger partial charge in [-0.05, 0) is 11.2 Å². The summed E-state index contributed by atoms with van der Waals surface area (Å²) in [7, 11) is 0.